The Hall–Kier alpha value is -3.36. The van der Waals surface area contributed by atoms with Gasteiger partial charge in [0.05, 0.1) is 11.9 Å². The van der Waals surface area contributed by atoms with Crippen LogP contribution in [0.1, 0.15) is 36.5 Å². The average molecular weight is 570 g/mol. The Bertz CT molecular complexity index is 1370. The zero-order valence-electron chi connectivity index (χ0n) is 22.6. The van der Waals surface area contributed by atoms with Crippen LogP contribution in [0.25, 0.3) is 0 Å². The Morgan fingerprint density at radius 2 is 1.67 bits per heavy atom. The minimum atomic E-state index is -3.81. The number of amides is 2. The highest BCUT2D eigenvalue weighted by Crippen LogP contribution is 2.23. The van der Waals surface area contributed by atoms with E-state index in [-0.39, 0.29) is 18.9 Å². The van der Waals surface area contributed by atoms with Gasteiger partial charge in [0, 0.05) is 24.5 Å². The van der Waals surface area contributed by atoms with Gasteiger partial charge in [0.15, 0.2) is 0 Å². The number of carbonyl (C=O) groups excluding carboxylic acids is 2. The third kappa shape index (κ3) is 8.83. The van der Waals surface area contributed by atoms with Crippen LogP contribution >= 0.6 is 11.6 Å². The first-order chi connectivity index (χ1) is 18.6. The number of hydrogen-bond donors (Lipinski definition) is 1. The summed E-state index contributed by atoms with van der Waals surface area (Å²) in [6, 6.07) is 22.7. The van der Waals surface area contributed by atoms with Crippen molar-refractivity contribution >= 4 is 39.1 Å². The van der Waals surface area contributed by atoms with E-state index in [2.05, 4.69) is 5.32 Å². The summed E-state index contributed by atoms with van der Waals surface area (Å²) in [7, 11) is -3.81. The fourth-order valence-corrected chi connectivity index (χ4v) is 5.30. The Labute approximate surface area is 236 Å². The predicted molar refractivity (Wildman–Crippen MR) is 157 cm³/mol. The SMILES string of the molecule is CCCCNC(=O)[C@@H](Cc1ccccc1)N(Cc1ccccc1Cl)C(=O)CN(c1cccc(C)c1)S(C)(=O)=O. The lowest BCUT2D eigenvalue weighted by molar-refractivity contribution is -0.140. The van der Waals surface area contributed by atoms with E-state index < -0.39 is 28.5 Å². The molecular weight excluding hydrogens is 534 g/mol. The minimum Gasteiger partial charge on any atom is -0.354 e. The number of halogens is 1. The molecule has 0 aromatic heterocycles. The summed E-state index contributed by atoms with van der Waals surface area (Å²) in [5.74, 6) is -0.803. The lowest BCUT2D eigenvalue weighted by Crippen LogP contribution is -2.53. The summed E-state index contributed by atoms with van der Waals surface area (Å²) in [6.45, 7) is 3.95. The van der Waals surface area contributed by atoms with Gasteiger partial charge in [-0.2, -0.15) is 0 Å². The molecule has 7 nitrogen and oxygen atoms in total. The molecule has 0 radical (unpaired) electrons. The van der Waals surface area contributed by atoms with E-state index in [4.69, 9.17) is 11.6 Å². The van der Waals surface area contributed by atoms with Gasteiger partial charge in [-0.25, -0.2) is 8.42 Å². The molecule has 3 aromatic rings. The molecule has 0 spiro atoms. The molecule has 1 N–H and O–H groups in total. The zero-order chi connectivity index (χ0) is 28.4. The van der Waals surface area contributed by atoms with Crippen molar-refractivity contribution in [2.24, 2.45) is 0 Å². The van der Waals surface area contributed by atoms with Gasteiger partial charge < -0.3 is 10.2 Å². The highest BCUT2D eigenvalue weighted by atomic mass is 35.5. The van der Waals surface area contributed by atoms with Gasteiger partial charge in [-0.1, -0.05) is 85.6 Å². The third-order valence-corrected chi connectivity index (χ3v) is 7.88. The molecule has 2 amide bonds. The number of sulfonamides is 1. The number of rotatable bonds is 13. The highest BCUT2D eigenvalue weighted by molar-refractivity contribution is 7.92. The molecule has 39 heavy (non-hydrogen) atoms. The molecule has 0 aliphatic rings. The van der Waals surface area contributed by atoms with Crippen LogP contribution in [0.15, 0.2) is 78.9 Å². The largest absolute Gasteiger partial charge is 0.354 e. The summed E-state index contributed by atoms with van der Waals surface area (Å²) >= 11 is 6.47. The first kappa shape index (κ1) is 30.2. The number of aryl methyl sites for hydroxylation is 1. The van der Waals surface area contributed by atoms with E-state index in [1.165, 1.54) is 4.90 Å². The van der Waals surface area contributed by atoms with Crippen molar-refractivity contribution in [3.8, 4) is 0 Å². The Kier molecular flexibility index (Phi) is 10.9. The number of anilines is 1. The minimum absolute atomic E-state index is 0.0443. The quantitative estimate of drug-likeness (QED) is 0.294. The van der Waals surface area contributed by atoms with Gasteiger partial charge in [-0.15, -0.1) is 0 Å². The second-order valence-corrected chi connectivity index (χ2v) is 11.9. The first-order valence-electron chi connectivity index (χ1n) is 13.0. The van der Waals surface area contributed by atoms with Gasteiger partial charge in [0.1, 0.15) is 12.6 Å². The smallest absolute Gasteiger partial charge is 0.244 e. The summed E-state index contributed by atoms with van der Waals surface area (Å²) in [6.07, 6.45) is 3.04. The fraction of sp³-hybridized carbons (Fsp3) is 0.333. The molecule has 0 heterocycles. The molecule has 1 atom stereocenters. The molecule has 0 bridgehead atoms. The van der Waals surface area contributed by atoms with Gasteiger partial charge in [-0.3, -0.25) is 13.9 Å². The van der Waals surface area contributed by atoms with Crippen LogP contribution < -0.4 is 9.62 Å². The number of hydrogen-bond acceptors (Lipinski definition) is 4. The predicted octanol–water partition coefficient (Wildman–Crippen LogP) is 4.97. The zero-order valence-corrected chi connectivity index (χ0v) is 24.2. The number of unbranched alkanes of at least 4 members (excludes halogenated alkanes) is 1. The normalized spacial score (nSPS) is 12.0. The Morgan fingerprint density at radius 3 is 2.31 bits per heavy atom. The lowest BCUT2D eigenvalue weighted by Gasteiger charge is -2.33. The molecule has 0 aliphatic carbocycles. The van der Waals surface area contributed by atoms with Crippen molar-refractivity contribution in [2.75, 3.05) is 23.7 Å². The van der Waals surface area contributed by atoms with Crippen molar-refractivity contribution in [3.05, 3.63) is 101 Å². The maximum absolute atomic E-state index is 14.0. The summed E-state index contributed by atoms with van der Waals surface area (Å²) in [5, 5.41) is 3.42. The average Bonchev–Trinajstić information content (AvgIpc) is 2.90. The van der Waals surface area contributed by atoms with E-state index in [1.54, 1.807) is 36.4 Å². The van der Waals surface area contributed by atoms with E-state index in [9.17, 15) is 18.0 Å². The summed E-state index contributed by atoms with van der Waals surface area (Å²) in [4.78, 5) is 29.1. The monoisotopic (exact) mass is 569 g/mol. The van der Waals surface area contributed by atoms with Crippen LogP contribution in [0.3, 0.4) is 0 Å². The standard InChI is InChI=1S/C30H36ClN3O4S/c1-4-5-18-32-30(36)28(20-24-13-7-6-8-14-24)33(21-25-15-9-10-17-27(25)31)29(35)22-34(39(3,37)38)26-16-11-12-23(2)19-26/h6-17,19,28H,4-5,18,20-22H2,1-3H3,(H,32,36)/t28-/m1/s1. The molecule has 0 unspecified atom stereocenters. The summed E-state index contributed by atoms with van der Waals surface area (Å²) in [5.41, 5.74) is 2.78. The van der Waals surface area contributed by atoms with Crippen molar-refractivity contribution in [1.29, 1.82) is 0 Å². The second-order valence-electron chi connectivity index (χ2n) is 9.57. The third-order valence-electron chi connectivity index (χ3n) is 6.37. The van der Waals surface area contributed by atoms with Gasteiger partial charge >= 0.3 is 0 Å². The summed E-state index contributed by atoms with van der Waals surface area (Å²) < 4.78 is 26.8. The Balaban J connectivity index is 2.04. The van der Waals surface area contributed by atoms with Crippen LogP contribution in [0.2, 0.25) is 5.02 Å². The first-order valence-corrected chi connectivity index (χ1v) is 15.2. The van der Waals surface area contributed by atoms with Crippen LogP contribution in [0.4, 0.5) is 5.69 Å². The molecule has 0 saturated heterocycles. The number of benzene rings is 3. The van der Waals surface area contributed by atoms with Crippen molar-refractivity contribution < 1.29 is 18.0 Å². The molecule has 9 heteroatoms. The van der Waals surface area contributed by atoms with E-state index >= 15 is 0 Å². The molecule has 0 fully saturated rings. The van der Waals surface area contributed by atoms with Gasteiger partial charge in [-0.05, 0) is 48.2 Å². The van der Waals surface area contributed by atoms with E-state index in [1.807, 2.05) is 56.3 Å². The lowest BCUT2D eigenvalue weighted by atomic mass is 10.0. The van der Waals surface area contributed by atoms with Crippen LogP contribution in [0.5, 0.6) is 0 Å². The van der Waals surface area contributed by atoms with Crippen LogP contribution in [0, 0.1) is 6.92 Å². The number of nitrogens with zero attached hydrogens (tertiary/aromatic N) is 2. The molecule has 208 valence electrons. The molecule has 0 aliphatic heterocycles. The fourth-order valence-electron chi connectivity index (χ4n) is 4.27. The maximum Gasteiger partial charge on any atom is 0.244 e. The molecular formula is C30H36ClN3O4S. The topological polar surface area (TPSA) is 86.8 Å². The van der Waals surface area contributed by atoms with Crippen LogP contribution in [-0.4, -0.2) is 50.5 Å². The van der Waals surface area contributed by atoms with Crippen LogP contribution in [-0.2, 0) is 32.6 Å². The van der Waals surface area contributed by atoms with E-state index in [0.29, 0.717) is 22.8 Å². The Morgan fingerprint density at radius 1 is 0.974 bits per heavy atom. The second kappa shape index (κ2) is 14.1. The highest BCUT2D eigenvalue weighted by Gasteiger charge is 2.33. The molecule has 3 aromatic carbocycles. The maximum atomic E-state index is 14.0. The number of nitrogens with one attached hydrogen (secondary N) is 1. The number of carbonyl (C=O) groups is 2. The van der Waals surface area contributed by atoms with Crippen molar-refractivity contribution in [2.45, 2.75) is 45.7 Å². The molecule has 0 saturated carbocycles. The van der Waals surface area contributed by atoms with Crippen molar-refractivity contribution in [3.63, 3.8) is 0 Å². The van der Waals surface area contributed by atoms with Crippen molar-refractivity contribution in [1.82, 2.24) is 10.2 Å². The van der Waals surface area contributed by atoms with Gasteiger partial charge in [0.25, 0.3) is 0 Å². The molecule has 3 rings (SSSR count). The van der Waals surface area contributed by atoms with E-state index in [0.717, 1.165) is 34.5 Å². The van der Waals surface area contributed by atoms with Gasteiger partial charge in [0.2, 0.25) is 21.8 Å².